The topological polar surface area (TPSA) is 66.6 Å². The fourth-order valence-corrected chi connectivity index (χ4v) is 1.32. The van der Waals surface area contributed by atoms with Crippen LogP contribution in [0, 0.1) is 5.41 Å². The van der Waals surface area contributed by atoms with Gasteiger partial charge in [-0.1, -0.05) is 13.0 Å². The van der Waals surface area contributed by atoms with Gasteiger partial charge in [-0.15, -0.1) is 6.58 Å². The smallest absolute Gasteiger partial charge is 0.230 e. The van der Waals surface area contributed by atoms with E-state index in [9.17, 15) is 4.79 Å². The SMILES string of the molecule is C=CCN(CCO)C(=O)C(C)(CC)CN. The van der Waals surface area contributed by atoms with E-state index in [-0.39, 0.29) is 12.5 Å². The van der Waals surface area contributed by atoms with Crippen LogP contribution in [0.2, 0.25) is 0 Å². The molecule has 0 aliphatic carbocycles. The molecular weight excluding hydrogens is 192 g/mol. The lowest BCUT2D eigenvalue weighted by Gasteiger charge is -2.32. The van der Waals surface area contributed by atoms with Crippen molar-refractivity contribution >= 4 is 5.91 Å². The molecule has 0 aromatic heterocycles. The van der Waals surface area contributed by atoms with Gasteiger partial charge < -0.3 is 15.7 Å². The second kappa shape index (κ2) is 6.58. The van der Waals surface area contributed by atoms with E-state index in [0.717, 1.165) is 0 Å². The number of hydrogen-bond acceptors (Lipinski definition) is 3. The fraction of sp³-hybridized carbons (Fsp3) is 0.727. The van der Waals surface area contributed by atoms with Crippen LogP contribution in [0.4, 0.5) is 0 Å². The van der Waals surface area contributed by atoms with Crippen LogP contribution in [-0.2, 0) is 4.79 Å². The molecule has 0 bridgehead atoms. The van der Waals surface area contributed by atoms with E-state index in [0.29, 0.717) is 26.1 Å². The van der Waals surface area contributed by atoms with Gasteiger partial charge in [0.25, 0.3) is 0 Å². The van der Waals surface area contributed by atoms with Gasteiger partial charge in [0.15, 0.2) is 0 Å². The van der Waals surface area contributed by atoms with Gasteiger partial charge in [0, 0.05) is 19.6 Å². The first-order chi connectivity index (χ1) is 7.05. The number of carbonyl (C=O) groups excluding carboxylic acids is 1. The van der Waals surface area contributed by atoms with Gasteiger partial charge in [0.2, 0.25) is 5.91 Å². The summed E-state index contributed by atoms with van der Waals surface area (Å²) in [5.41, 5.74) is 5.08. The molecule has 0 aromatic carbocycles. The highest BCUT2D eigenvalue weighted by Gasteiger charge is 2.32. The predicted molar refractivity (Wildman–Crippen MR) is 61.3 cm³/mol. The Morgan fingerprint density at radius 2 is 2.27 bits per heavy atom. The predicted octanol–water partition coefficient (Wildman–Crippen LogP) is 0.368. The van der Waals surface area contributed by atoms with Gasteiger partial charge in [-0.3, -0.25) is 4.79 Å². The molecule has 0 saturated carbocycles. The Hall–Kier alpha value is -0.870. The van der Waals surface area contributed by atoms with E-state index in [4.69, 9.17) is 10.8 Å². The summed E-state index contributed by atoms with van der Waals surface area (Å²) < 4.78 is 0. The molecule has 0 radical (unpaired) electrons. The molecule has 4 heteroatoms. The molecule has 0 saturated heterocycles. The average molecular weight is 214 g/mol. The van der Waals surface area contributed by atoms with E-state index < -0.39 is 5.41 Å². The van der Waals surface area contributed by atoms with E-state index in [1.54, 1.807) is 11.0 Å². The summed E-state index contributed by atoms with van der Waals surface area (Å²) in [6, 6.07) is 0. The van der Waals surface area contributed by atoms with Crippen molar-refractivity contribution < 1.29 is 9.90 Å². The van der Waals surface area contributed by atoms with Crippen molar-refractivity contribution in [1.82, 2.24) is 4.90 Å². The lowest BCUT2D eigenvalue weighted by Crippen LogP contribution is -2.47. The summed E-state index contributed by atoms with van der Waals surface area (Å²) in [7, 11) is 0. The Balaban J connectivity index is 4.66. The number of amides is 1. The fourth-order valence-electron chi connectivity index (χ4n) is 1.32. The van der Waals surface area contributed by atoms with Gasteiger partial charge in [-0.05, 0) is 13.3 Å². The first kappa shape index (κ1) is 14.1. The molecule has 4 nitrogen and oxygen atoms in total. The molecule has 0 spiro atoms. The van der Waals surface area contributed by atoms with Crippen molar-refractivity contribution in [3.05, 3.63) is 12.7 Å². The van der Waals surface area contributed by atoms with Crippen molar-refractivity contribution in [3.8, 4) is 0 Å². The summed E-state index contributed by atoms with van der Waals surface area (Å²) in [5.74, 6) is -0.0125. The number of nitrogens with two attached hydrogens (primary N) is 1. The van der Waals surface area contributed by atoms with E-state index in [1.807, 2.05) is 13.8 Å². The van der Waals surface area contributed by atoms with E-state index in [2.05, 4.69) is 6.58 Å². The van der Waals surface area contributed by atoms with Crippen LogP contribution in [-0.4, -0.2) is 42.2 Å². The maximum Gasteiger partial charge on any atom is 0.230 e. The summed E-state index contributed by atoms with van der Waals surface area (Å²) in [4.78, 5) is 13.7. The molecule has 3 N–H and O–H groups in total. The third-order valence-electron chi connectivity index (χ3n) is 2.75. The molecule has 0 fully saturated rings. The second-order valence-electron chi connectivity index (χ2n) is 3.88. The number of aliphatic hydroxyl groups excluding tert-OH is 1. The van der Waals surface area contributed by atoms with Crippen LogP contribution in [0.25, 0.3) is 0 Å². The Morgan fingerprint density at radius 3 is 2.60 bits per heavy atom. The zero-order chi connectivity index (χ0) is 11.9. The average Bonchev–Trinajstić information content (AvgIpc) is 2.26. The van der Waals surface area contributed by atoms with Crippen LogP contribution in [0.15, 0.2) is 12.7 Å². The third-order valence-corrected chi connectivity index (χ3v) is 2.75. The molecule has 0 aliphatic heterocycles. The summed E-state index contributed by atoms with van der Waals surface area (Å²) in [5, 5.41) is 8.86. The maximum atomic E-state index is 12.1. The van der Waals surface area contributed by atoms with Gasteiger partial charge >= 0.3 is 0 Å². The largest absolute Gasteiger partial charge is 0.395 e. The Bertz CT molecular complexity index is 213. The monoisotopic (exact) mass is 214 g/mol. The van der Waals surface area contributed by atoms with Crippen LogP contribution in [0.3, 0.4) is 0 Å². The maximum absolute atomic E-state index is 12.1. The Labute approximate surface area is 91.8 Å². The number of rotatable bonds is 7. The van der Waals surface area contributed by atoms with Crippen molar-refractivity contribution in [3.63, 3.8) is 0 Å². The quantitative estimate of drug-likeness (QED) is 0.602. The zero-order valence-electron chi connectivity index (χ0n) is 9.70. The summed E-state index contributed by atoms with van der Waals surface area (Å²) in [6.45, 7) is 8.45. The lowest BCUT2D eigenvalue weighted by atomic mass is 9.86. The van der Waals surface area contributed by atoms with E-state index in [1.165, 1.54) is 0 Å². The molecule has 0 rings (SSSR count). The molecule has 15 heavy (non-hydrogen) atoms. The molecule has 88 valence electrons. The molecule has 0 heterocycles. The Kier molecular flexibility index (Phi) is 6.20. The van der Waals surface area contributed by atoms with Gasteiger partial charge in [0.1, 0.15) is 0 Å². The molecule has 1 atom stereocenters. The molecule has 0 aromatic rings. The molecule has 1 amide bonds. The Morgan fingerprint density at radius 1 is 1.67 bits per heavy atom. The van der Waals surface area contributed by atoms with Crippen LogP contribution >= 0.6 is 0 Å². The van der Waals surface area contributed by atoms with Gasteiger partial charge in [-0.25, -0.2) is 0 Å². The highest BCUT2D eigenvalue weighted by atomic mass is 16.3. The minimum atomic E-state index is -0.530. The minimum Gasteiger partial charge on any atom is -0.395 e. The van der Waals surface area contributed by atoms with Crippen LogP contribution in [0.5, 0.6) is 0 Å². The van der Waals surface area contributed by atoms with Gasteiger partial charge in [-0.2, -0.15) is 0 Å². The summed E-state index contributed by atoms with van der Waals surface area (Å²) in [6.07, 6.45) is 2.35. The molecular formula is C11H22N2O2. The molecule has 1 unspecified atom stereocenters. The standard InChI is InChI=1S/C11H22N2O2/c1-4-6-13(7-8-14)10(15)11(3,5-2)9-12/h4,14H,1,5-9,12H2,2-3H3. The van der Waals surface area contributed by atoms with Crippen molar-refractivity contribution in [2.75, 3.05) is 26.2 Å². The first-order valence-electron chi connectivity index (χ1n) is 5.27. The van der Waals surface area contributed by atoms with Crippen molar-refractivity contribution in [2.45, 2.75) is 20.3 Å². The van der Waals surface area contributed by atoms with Crippen LogP contribution in [0.1, 0.15) is 20.3 Å². The highest BCUT2D eigenvalue weighted by Crippen LogP contribution is 2.22. The summed E-state index contributed by atoms with van der Waals surface area (Å²) >= 11 is 0. The number of hydrogen-bond donors (Lipinski definition) is 2. The number of aliphatic hydroxyl groups is 1. The normalized spacial score (nSPS) is 14.4. The van der Waals surface area contributed by atoms with Crippen molar-refractivity contribution in [1.29, 1.82) is 0 Å². The number of nitrogens with zero attached hydrogens (tertiary/aromatic N) is 1. The lowest BCUT2D eigenvalue weighted by molar-refractivity contribution is -0.140. The second-order valence-corrected chi connectivity index (χ2v) is 3.88. The molecule has 0 aliphatic rings. The van der Waals surface area contributed by atoms with Crippen molar-refractivity contribution in [2.24, 2.45) is 11.1 Å². The zero-order valence-corrected chi connectivity index (χ0v) is 9.70. The van der Waals surface area contributed by atoms with Crippen LogP contribution < -0.4 is 5.73 Å². The third kappa shape index (κ3) is 3.64. The number of carbonyl (C=O) groups is 1. The van der Waals surface area contributed by atoms with E-state index >= 15 is 0 Å². The minimum absolute atomic E-state index is 0.0125. The first-order valence-corrected chi connectivity index (χ1v) is 5.27. The van der Waals surface area contributed by atoms with Gasteiger partial charge in [0.05, 0.1) is 12.0 Å². The highest BCUT2D eigenvalue weighted by molar-refractivity contribution is 5.82.